The molecule has 5 heteroatoms. The monoisotopic (exact) mass is 462 g/mol. The third-order valence-electron chi connectivity index (χ3n) is 6.41. The first-order valence-corrected chi connectivity index (χ1v) is 12.2. The van der Waals surface area contributed by atoms with Gasteiger partial charge in [0.15, 0.2) is 5.13 Å². The molecule has 0 amide bonds. The van der Waals surface area contributed by atoms with Gasteiger partial charge in [0, 0.05) is 10.4 Å². The Bertz CT molecular complexity index is 1180. The van der Waals surface area contributed by atoms with Gasteiger partial charge in [0.1, 0.15) is 12.4 Å². The van der Waals surface area contributed by atoms with Gasteiger partial charge in [0.05, 0.1) is 25.4 Å². The topological polar surface area (TPSA) is 25.4 Å². The molecule has 0 bridgehead atoms. The largest absolute Gasteiger partial charge is 0.496 e. The molecule has 0 aliphatic heterocycles. The van der Waals surface area contributed by atoms with E-state index in [1.165, 1.54) is 12.8 Å². The highest BCUT2D eigenvalue weighted by Gasteiger charge is 2.31. The Morgan fingerprint density at radius 2 is 2.00 bits per heavy atom. The van der Waals surface area contributed by atoms with Crippen LogP contribution in [0.4, 0.5) is 9.52 Å². The number of hydrogen-bond donors (Lipinski definition) is 0. The third-order valence-corrected chi connectivity index (χ3v) is 7.42. The predicted molar refractivity (Wildman–Crippen MR) is 136 cm³/mol. The van der Waals surface area contributed by atoms with E-state index in [0.29, 0.717) is 18.0 Å². The molecular weight excluding hydrogens is 431 g/mol. The fourth-order valence-electron chi connectivity index (χ4n) is 4.43. The Labute approximate surface area is 200 Å². The second-order valence-corrected chi connectivity index (χ2v) is 10.1. The van der Waals surface area contributed by atoms with E-state index in [1.807, 2.05) is 18.2 Å². The average molecular weight is 463 g/mol. The fourth-order valence-corrected chi connectivity index (χ4v) is 5.40. The molecule has 33 heavy (non-hydrogen) atoms. The molecule has 1 fully saturated rings. The minimum atomic E-state index is -0.463. The summed E-state index contributed by atoms with van der Waals surface area (Å²) in [6.45, 7) is 6.26. The SMILES string of the molecule is C#CCN(c1nc(-c2cc(C)c(OC)cc2C)c(C)s1)[C@@H](CC1CC1)c1cccc(CF)c1. The number of anilines is 1. The van der Waals surface area contributed by atoms with Crippen LogP contribution < -0.4 is 9.64 Å². The zero-order valence-corrected chi connectivity index (χ0v) is 20.6. The van der Waals surface area contributed by atoms with Crippen LogP contribution in [0.25, 0.3) is 11.3 Å². The highest BCUT2D eigenvalue weighted by molar-refractivity contribution is 7.16. The highest BCUT2D eigenvalue weighted by atomic mass is 32.1. The summed E-state index contributed by atoms with van der Waals surface area (Å²) in [5.41, 5.74) is 6.14. The van der Waals surface area contributed by atoms with Gasteiger partial charge in [-0.25, -0.2) is 9.37 Å². The first-order valence-electron chi connectivity index (χ1n) is 11.4. The Morgan fingerprint density at radius 1 is 1.21 bits per heavy atom. The lowest BCUT2D eigenvalue weighted by Crippen LogP contribution is -2.29. The van der Waals surface area contributed by atoms with Crippen LogP contribution in [0.1, 0.15) is 52.4 Å². The molecule has 1 aliphatic carbocycles. The third kappa shape index (κ3) is 5.07. The zero-order chi connectivity index (χ0) is 23.5. The normalized spacial score (nSPS) is 14.1. The number of rotatable bonds is 9. The van der Waals surface area contributed by atoms with E-state index >= 15 is 0 Å². The van der Waals surface area contributed by atoms with Crippen molar-refractivity contribution in [1.29, 1.82) is 0 Å². The summed E-state index contributed by atoms with van der Waals surface area (Å²) in [7, 11) is 1.70. The van der Waals surface area contributed by atoms with Crippen molar-refractivity contribution >= 4 is 16.5 Å². The maximum absolute atomic E-state index is 13.4. The van der Waals surface area contributed by atoms with Crippen LogP contribution in [0.3, 0.4) is 0 Å². The Balaban J connectivity index is 1.76. The van der Waals surface area contributed by atoms with Crippen LogP contribution in [-0.4, -0.2) is 18.6 Å². The maximum Gasteiger partial charge on any atom is 0.187 e. The molecule has 1 heterocycles. The smallest absolute Gasteiger partial charge is 0.187 e. The number of halogens is 1. The van der Waals surface area contributed by atoms with Gasteiger partial charge in [0.2, 0.25) is 0 Å². The molecule has 1 saturated carbocycles. The standard InChI is InChI=1S/C28H31FN2OS/c1-6-12-31(25(16-21-10-11-21)23-9-7-8-22(15-23)17-29)28-30-27(20(4)33-28)24-13-19(3)26(32-5)14-18(24)2/h1,7-9,13-15,21,25H,10-12,16-17H2,2-5H3/t25-/m0/s1. The molecule has 2 aromatic carbocycles. The van der Waals surface area contributed by atoms with Crippen molar-refractivity contribution in [2.75, 3.05) is 18.6 Å². The maximum atomic E-state index is 13.4. The number of alkyl halides is 1. The molecule has 172 valence electrons. The summed E-state index contributed by atoms with van der Waals surface area (Å²) in [5.74, 6) is 4.42. The second kappa shape index (κ2) is 9.97. The molecule has 4 rings (SSSR count). The van der Waals surface area contributed by atoms with Crippen molar-refractivity contribution in [1.82, 2.24) is 4.98 Å². The Morgan fingerprint density at radius 3 is 2.67 bits per heavy atom. The molecule has 0 N–H and O–H groups in total. The van der Waals surface area contributed by atoms with Gasteiger partial charge in [-0.05, 0) is 67.5 Å². The number of hydrogen-bond acceptors (Lipinski definition) is 4. The van der Waals surface area contributed by atoms with E-state index in [2.05, 4.69) is 49.8 Å². The summed E-state index contributed by atoms with van der Waals surface area (Å²) in [5, 5.41) is 0.921. The quantitative estimate of drug-likeness (QED) is 0.315. The van der Waals surface area contributed by atoms with Gasteiger partial charge in [-0.15, -0.1) is 17.8 Å². The molecule has 0 saturated heterocycles. The predicted octanol–water partition coefficient (Wildman–Crippen LogP) is 7.19. The number of aromatic nitrogens is 1. The number of aryl methyl sites for hydroxylation is 3. The van der Waals surface area contributed by atoms with E-state index in [-0.39, 0.29) is 6.04 Å². The fraction of sp³-hybridized carbons (Fsp3) is 0.393. The Kier molecular flexibility index (Phi) is 7.05. The molecule has 0 radical (unpaired) electrons. The van der Waals surface area contributed by atoms with E-state index < -0.39 is 6.67 Å². The van der Waals surface area contributed by atoms with Crippen molar-refractivity contribution in [3.8, 4) is 29.4 Å². The molecule has 0 unspecified atom stereocenters. The minimum Gasteiger partial charge on any atom is -0.496 e. The first kappa shape index (κ1) is 23.3. The molecule has 3 nitrogen and oxygen atoms in total. The van der Waals surface area contributed by atoms with E-state index in [9.17, 15) is 4.39 Å². The van der Waals surface area contributed by atoms with Crippen LogP contribution in [0.15, 0.2) is 36.4 Å². The highest BCUT2D eigenvalue weighted by Crippen LogP contribution is 2.44. The van der Waals surface area contributed by atoms with Crippen molar-refractivity contribution in [3.05, 3.63) is 63.5 Å². The van der Waals surface area contributed by atoms with Crippen molar-refractivity contribution in [3.63, 3.8) is 0 Å². The zero-order valence-electron chi connectivity index (χ0n) is 19.8. The molecule has 1 aliphatic rings. The van der Waals surface area contributed by atoms with Crippen molar-refractivity contribution in [2.45, 2.75) is 52.8 Å². The summed E-state index contributed by atoms with van der Waals surface area (Å²) >= 11 is 1.68. The minimum absolute atomic E-state index is 0.0807. The number of thiazole rings is 1. The summed E-state index contributed by atoms with van der Waals surface area (Å²) in [6.07, 6.45) is 9.33. The van der Waals surface area contributed by atoms with Crippen molar-refractivity contribution < 1.29 is 9.13 Å². The van der Waals surface area contributed by atoms with Crippen LogP contribution >= 0.6 is 11.3 Å². The summed E-state index contributed by atoms with van der Waals surface area (Å²) < 4.78 is 18.9. The number of methoxy groups -OCH3 is 1. The molecular formula is C28H31FN2OS. The molecule has 1 atom stereocenters. The van der Waals surface area contributed by atoms with Gasteiger partial charge >= 0.3 is 0 Å². The number of nitrogens with zero attached hydrogens (tertiary/aromatic N) is 2. The van der Waals surface area contributed by atoms with E-state index in [4.69, 9.17) is 16.1 Å². The van der Waals surface area contributed by atoms with Crippen molar-refractivity contribution in [2.24, 2.45) is 5.92 Å². The lowest BCUT2D eigenvalue weighted by Gasteiger charge is -2.31. The number of ether oxygens (including phenoxy) is 1. The van der Waals surface area contributed by atoms with Gasteiger partial charge < -0.3 is 9.64 Å². The Hall–Kier alpha value is -2.84. The second-order valence-electron chi connectivity index (χ2n) is 8.94. The van der Waals surface area contributed by atoms with Gasteiger partial charge in [-0.2, -0.15) is 0 Å². The average Bonchev–Trinajstić information content (AvgIpc) is 3.57. The van der Waals surface area contributed by atoms with Gasteiger partial charge in [-0.3, -0.25) is 0 Å². The van der Waals surface area contributed by atoms with Crippen LogP contribution in [0.2, 0.25) is 0 Å². The van der Waals surface area contributed by atoms with E-state index in [1.54, 1.807) is 18.4 Å². The molecule has 1 aromatic heterocycles. The number of terminal acetylenes is 1. The van der Waals surface area contributed by atoms with Crippen LogP contribution in [0.5, 0.6) is 5.75 Å². The lowest BCUT2D eigenvalue weighted by atomic mass is 9.98. The van der Waals surface area contributed by atoms with Crippen LogP contribution in [0, 0.1) is 39.0 Å². The van der Waals surface area contributed by atoms with Crippen LogP contribution in [-0.2, 0) is 6.67 Å². The molecule has 3 aromatic rings. The lowest BCUT2D eigenvalue weighted by molar-refractivity contribution is 0.411. The summed E-state index contributed by atoms with van der Waals surface area (Å²) in [6, 6.07) is 12.2. The first-order chi connectivity index (χ1) is 15.9. The van der Waals surface area contributed by atoms with Gasteiger partial charge in [0.25, 0.3) is 0 Å². The van der Waals surface area contributed by atoms with E-state index in [0.717, 1.165) is 50.1 Å². The number of benzene rings is 2. The molecule has 0 spiro atoms. The van der Waals surface area contributed by atoms with Gasteiger partial charge in [-0.1, -0.05) is 43.0 Å². The summed E-state index contributed by atoms with van der Waals surface area (Å²) in [4.78, 5) is 8.50.